The summed E-state index contributed by atoms with van der Waals surface area (Å²) in [5, 5.41) is 3.51. The molecule has 0 aliphatic carbocycles. The molecule has 0 saturated heterocycles. The fraction of sp³-hybridized carbons (Fsp3) is 0.333. The average Bonchev–Trinajstić information content (AvgIpc) is 2.77. The van der Waals surface area contributed by atoms with Gasteiger partial charge in [-0.1, -0.05) is 22.9 Å². The first-order valence-corrected chi connectivity index (χ1v) is 9.82. The normalized spacial score (nSPS) is 12.6. The molecule has 0 bridgehead atoms. The van der Waals surface area contributed by atoms with Crippen LogP contribution in [-0.2, 0) is 6.42 Å². The molecule has 21 heavy (non-hydrogen) atoms. The first-order chi connectivity index (χ1) is 10.0. The first-order valence-electron chi connectivity index (χ1n) is 6.63. The van der Waals surface area contributed by atoms with Gasteiger partial charge in [0.05, 0.1) is 7.57 Å². The summed E-state index contributed by atoms with van der Waals surface area (Å²) in [7, 11) is 0. The Bertz CT molecular complexity index is 615. The van der Waals surface area contributed by atoms with Crippen LogP contribution < -0.4 is 5.32 Å². The van der Waals surface area contributed by atoms with Crippen LogP contribution in [0.2, 0.25) is 0 Å². The van der Waals surface area contributed by atoms with Crippen LogP contribution in [0.4, 0.5) is 4.39 Å². The largest absolute Gasteiger partial charge is 0.310 e. The Morgan fingerprint density at radius 3 is 2.62 bits per heavy atom. The number of rotatable bonds is 6. The number of nitrogens with one attached hydrogen (secondary N) is 1. The molecule has 1 atom stereocenters. The van der Waals surface area contributed by atoms with E-state index in [0.717, 1.165) is 25.0 Å². The van der Waals surface area contributed by atoms with E-state index in [1.807, 2.05) is 6.07 Å². The zero-order chi connectivity index (χ0) is 15.4. The van der Waals surface area contributed by atoms with E-state index in [-0.39, 0.29) is 11.9 Å². The van der Waals surface area contributed by atoms with Crippen molar-refractivity contribution in [1.29, 1.82) is 0 Å². The predicted molar refractivity (Wildman–Crippen MR) is 98.6 cm³/mol. The van der Waals surface area contributed by atoms with Gasteiger partial charge < -0.3 is 5.32 Å². The second kappa shape index (κ2) is 8.20. The van der Waals surface area contributed by atoms with Gasteiger partial charge in [-0.05, 0) is 86.6 Å². The third kappa shape index (κ3) is 4.86. The quantitative estimate of drug-likeness (QED) is 0.481. The zero-order valence-electron chi connectivity index (χ0n) is 11.4. The third-order valence-electron chi connectivity index (χ3n) is 3.13. The molecule has 0 aliphatic heterocycles. The van der Waals surface area contributed by atoms with Crippen molar-refractivity contribution >= 4 is 59.1 Å². The summed E-state index contributed by atoms with van der Waals surface area (Å²) in [6, 6.07) is 7.27. The van der Waals surface area contributed by atoms with E-state index in [9.17, 15) is 4.39 Å². The lowest BCUT2D eigenvalue weighted by molar-refractivity contribution is 0.512. The molecule has 114 valence electrons. The fourth-order valence-corrected chi connectivity index (χ4v) is 5.50. The lowest BCUT2D eigenvalue weighted by Crippen LogP contribution is -2.24. The SMILES string of the molecule is CCCNC(Cc1cc(Br)ccc1F)c1cc(Br)sc1Br. The minimum Gasteiger partial charge on any atom is -0.310 e. The Balaban J connectivity index is 2.28. The van der Waals surface area contributed by atoms with Crippen LogP contribution in [0.15, 0.2) is 36.3 Å². The maximum absolute atomic E-state index is 14.0. The fourth-order valence-electron chi connectivity index (χ4n) is 2.12. The molecule has 1 N–H and O–H groups in total. The van der Waals surface area contributed by atoms with E-state index >= 15 is 0 Å². The summed E-state index contributed by atoms with van der Waals surface area (Å²) in [6.45, 7) is 3.03. The van der Waals surface area contributed by atoms with E-state index in [1.54, 1.807) is 17.4 Å². The zero-order valence-corrected chi connectivity index (χ0v) is 17.0. The van der Waals surface area contributed by atoms with Crippen molar-refractivity contribution in [2.45, 2.75) is 25.8 Å². The Morgan fingerprint density at radius 2 is 2.00 bits per heavy atom. The van der Waals surface area contributed by atoms with Gasteiger partial charge in [0.1, 0.15) is 5.82 Å². The van der Waals surface area contributed by atoms with Crippen molar-refractivity contribution < 1.29 is 4.39 Å². The van der Waals surface area contributed by atoms with E-state index in [0.29, 0.717) is 12.0 Å². The molecule has 2 aromatic rings. The van der Waals surface area contributed by atoms with Crippen LogP contribution in [0.1, 0.15) is 30.5 Å². The summed E-state index contributed by atoms with van der Waals surface area (Å²) in [5.74, 6) is -0.160. The molecule has 0 radical (unpaired) electrons. The standard InChI is InChI=1S/C15H15Br3FNS/c1-2-5-20-13(11-8-14(17)21-15(11)18)7-9-6-10(16)3-4-12(9)19/h3-4,6,8,13,20H,2,5,7H2,1H3. The van der Waals surface area contributed by atoms with Crippen LogP contribution in [0.5, 0.6) is 0 Å². The van der Waals surface area contributed by atoms with Crippen LogP contribution in [0.3, 0.4) is 0 Å². The van der Waals surface area contributed by atoms with Crippen LogP contribution >= 0.6 is 59.1 Å². The Morgan fingerprint density at radius 1 is 1.24 bits per heavy atom. The van der Waals surface area contributed by atoms with Crippen molar-refractivity contribution in [3.05, 3.63) is 53.3 Å². The molecular formula is C15H15Br3FNS. The minimum absolute atomic E-state index is 0.0886. The monoisotopic (exact) mass is 497 g/mol. The molecule has 0 saturated carbocycles. The van der Waals surface area contributed by atoms with Gasteiger partial charge in [0.2, 0.25) is 0 Å². The maximum atomic E-state index is 14.0. The van der Waals surface area contributed by atoms with E-state index in [4.69, 9.17) is 0 Å². The van der Waals surface area contributed by atoms with Gasteiger partial charge in [-0.2, -0.15) is 0 Å². The van der Waals surface area contributed by atoms with Gasteiger partial charge >= 0.3 is 0 Å². The molecule has 1 aromatic carbocycles. The van der Waals surface area contributed by atoms with Crippen molar-refractivity contribution in [3.63, 3.8) is 0 Å². The van der Waals surface area contributed by atoms with Gasteiger partial charge in [0.15, 0.2) is 0 Å². The van der Waals surface area contributed by atoms with Gasteiger partial charge in [-0.25, -0.2) is 4.39 Å². The molecule has 0 amide bonds. The van der Waals surface area contributed by atoms with Crippen LogP contribution in [0, 0.1) is 5.82 Å². The molecule has 1 nitrogen and oxygen atoms in total. The number of halogens is 4. The maximum Gasteiger partial charge on any atom is 0.126 e. The Labute approximate surface area is 153 Å². The van der Waals surface area contributed by atoms with E-state index in [2.05, 4.69) is 66.1 Å². The summed E-state index contributed by atoms with van der Waals surface area (Å²) >= 11 is 12.2. The van der Waals surface area contributed by atoms with Crippen LogP contribution in [0.25, 0.3) is 0 Å². The highest BCUT2D eigenvalue weighted by molar-refractivity contribution is 9.12. The summed E-state index contributed by atoms with van der Waals surface area (Å²) in [6.07, 6.45) is 1.66. The molecule has 1 heterocycles. The molecule has 0 fully saturated rings. The first kappa shape index (κ1) is 17.6. The predicted octanol–water partition coefficient (Wildman–Crippen LogP) is 6.46. The van der Waals surface area contributed by atoms with Gasteiger partial charge in [-0.15, -0.1) is 11.3 Å². The molecule has 2 rings (SSSR count). The number of hydrogen-bond acceptors (Lipinski definition) is 2. The highest BCUT2D eigenvalue weighted by Gasteiger charge is 2.19. The second-order valence-corrected chi connectivity index (χ2v) is 9.39. The topological polar surface area (TPSA) is 12.0 Å². The average molecular weight is 500 g/mol. The smallest absolute Gasteiger partial charge is 0.126 e. The summed E-state index contributed by atoms with van der Waals surface area (Å²) in [5.41, 5.74) is 1.88. The minimum atomic E-state index is -0.160. The molecule has 0 aliphatic rings. The molecule has 1 unspecified atom stereocenters. The molecule has 0 spiro atoms. The third-order valence-corrected chi connectivity index (χ3v) is 6.01. The number of benzene rings is 1. The number of hydrogen-bond donors (Lipinski definition) is 1. The van der Waals surface area contributed by atoms with E-state index < -0.39 is 0 Å². The van der Waals surface area contributed by atoms with Crippen molar-refractivity contribution in [1.82, 2.24) is 5.32 Å². The van der Waals surface area contributed by atoms with Crippen molar-refractivity contribution in [2.24, 2.45) is 0 Å². The lowest BCUT2D eigenvalue weighted by atomic mass is 10.0. The summed E-state index contributed by atoms with van der Waals surface area (Å²) < 4.78 is 17.1. The Kier molecular flexibility index (Phi) is 6.87. The van der Waals surface area contributed by atoms with Crippen molar-refractivity contribution in [2.75, 3.05) is 6.54 Å². The Hall–Kier alpha value is 0.250. The van der Waals surface area contributed by atoms with Gasteiger partial charge in [0, 0.05) is 10.5 Å². The highest BCUT2D eigenvalue weighted by Crippen LogP contribution is 2.37. The molecule has 1 aromatic heterocycles. The lowest BCUT2D eigenvalue weighted by Gasteiger charge is -2.19. The second-order valence-electron chi connectivity index (χ2n) is 4.73. The van der Waals surface area contributed by atoms with Crippen molar-refractivity contribution in [3.8, 4) is 0 Å². The number of thiophene rings is 1. The van der Waals surface area contributed by atoms with E-state index in [1.165, 1.54) is 11.6 Å². The van der Waals surface area contributed by atoms with Crippen LogP contribution in [-0.4, -0.2) is 6.54 Å². The molecular weight excluding hydrogens is 485 g/mol. The molecule has 6 heteroatoms. The van der Waals surface area contributed by atoms with Gasteiger partial charge in [-0.3, -0.25) is 0 Å². The summed E-state index contributed by atoms with van der Waals surface area (Å²) in [4.78, 5) is 0. The van der Waals surface area contributed by atoms with Gasteiger partial charge in [0.25, 0.3) is 0 Å². The highest BCUT2D eigenvalue weighted by atomic mass is 79.9.